The van der Waals surface area contributed by atoms with Crippen molar-refractivity contribution < 1.29 is 73.0 Å². The highest BCUT2D eigenvalue weighted by molar-refractivity contribution is 7.86. The van der Waals surface area contributed by atoms with Crippen LogP contribution in [0.5, 0.6) is 11.8 Å². The number of pyridine rings is 1. The molecule has 0 bridgehead atoms. The van der Waals surface area contributed by atoms with Crippen molar-refractivity contribution in [2.24, 2.45) is 4.99 Å². The number of nitrogens with zero attached hydrogens (tertiary/aromatic N) is 4. The molecule has 4 aromatic rings. The maximum Gasteiger partial charge on any atom is 0.333 e. The van der Waals surface area contributed by atoms with Gasteiger partial charge in [-0.05, 0) is 90.9 Å². The fraction of sp³-hybridized carbons (Fsp3) is 0.378. The van der Waals surface area contributed by atoms with Crippen molar-refractivity contribution in [3.63, 3.8) is 0 Å². The molecule has 0 atom stereocenters. The zero-order chi connectivity index (χ0) is 49.8. The third-order valence-electron chi connectivity index (χ3n) is 11.6. The Morgan fingerprint density at radius 2 is 1.50 bits per heavy atom. The molecular weight excluding hydrogens is 947 g/mol. The Morgan fingerprint density at radius 1 is 0.809 bits per heavy atom. The highest BCUT2D eigenvalue weighted by Crippen LogP contribution is 2.51. The van der Waals surface area contributed by atoms with E-state index in [4.69, 9.17) is 14.7 Å². The molecule has 20 nitrogen and oxygen atoms in total. The Bertz CT molecular complexity index is 3060. The normalized spacial score (nSPS) is 16.2. The zero-order valence-electron chi connectivity index (χ0n) is 37.7. The van der Waals surface area contributed by atoms with Gasteiger partial charge in [0.15, 0.2) is 5.71 Å². The number of hydrogen-bond acceptors (Lipinski definition) is 14. The van der Waals surface area contributed by atoms with E-state index >= 15 is 0 Å². The molecule has 0 aliphatic carbocycles. The maximum atomic E-state index is 13.4. The van der Waals surface area contributed by atoms with E-state index < -0.39 is 76.3 Å². The lowest BCUT2D eigenvalue weighted by molar-refractivity contribution is -0.684. The van der Waals surface area contributed by atoms with E-state index in [2.05, 4.69) is 5.48 Å². The molecular formula is C45H54N5O15S3+. The van der Waals surface area contributed by atoms with Gasteiger partial charge in [-0.3, -0.25) is 23.3 Å². The Balaban J connectivity index is 1.16. The molecule has 23 heteroatoms. The molecule has 0 radical (unpaired) electrons. The van der Waals surface area contributed by atoms with Gasteiger partial charge in [-0.1, -0.05) is 50.6 Å². The summed E-state index contributed by atoms with van der Waals surface area (Å²) < 4.78 is 101. The molecule has 2 aromatic heterocycles. The molecule has 1 amide bonds. The SMILES string of the molecule is CC1(C)C(C=CC=CC=C2N(CCCS(=O)(=O)O)c3ccc4cc(S(=O)(=O)O)ccc4c3C2(C)C)=Nc2c1cc(C(=O)NOCCCCCC(=O)On1c(O)ccc1O)c[n+]2CCCS(=O)(=O)O. The van der Waals surface area contributed by atoms with Gasteiger partial charge in [-0.25, -0.2) is 14.8 Å². The van der Waals surface area contributed by atoms with E-state index in [0.29, 0.717) is 46.5 Å². The van der Waals surface area contributed by atoms with Crippen molar-refractivity contribution in [1.29, 1.82) is 0 Å². The van der Waals surface area contributed by atoms with Gasteiger partial charge in [-0.2, -0.15) is 25.3 Å². The van der Waals surface area contributed by atoms with Crippen molar-refractivity contribution in [2.75, 3.05) is 29.6 Å². The van der Waals surface area contributed by atoms with Gasteiger partial charge in [0, 0.05) is 48.3 Å². The smallest absolute Gasteiger partial charge is 0.333 e. The van der Waals surface area contributed by atoms with Gasteiger partial charge in [0.25, 0.3) is 36.3 Å². The number of fused-ring (bicyclic) bond motifs is 4. The van der Waals surface area contributed by atoms with Crippen LogP contribution in [0, 0.1) is 0 Å². The van der Waals surface area contributed by atoms with Crippen LogP contribution in [-0.4, -0.2) is 96.1 Å². The molecule has 2 aromatic carbocycles. The number of aryl methyl sites for hydroxylation is 1. The second kappa shape index (κ2) is 20.3. The van der Waals surface area contributed by atoms with Crippen molar-refractivity contribution in [3.05, 3.63) is 107 Å². The summed E-state index contributed by atoms with van der Waals surface area (Å²) in [5.41, 5.74) is 4.88. The number of benzene rings is 2. The van der Waals surface area contributed by atoms with Crippen LogP contribution in [0.15, 0.2) is 101 Å². The van der Waals surface area contributed by atoms with Crippen LogP contribution in [0.4, 0.5) is 11.5 Å². The van der Waals surface area contributed by atoms with E-state index in [1.807, 2.05) is 44.7 Å². The van der Waals surface area contributed by atoms with Gasteiger partial charge in [0.05, 0.1) is 46.1 Å². The highest BCUT2D eigenvalue weighted by Gasteiger charge is 2.44. The van der Waals surface area contributed by atoms with Crippen LogP contribution in [0.25, 0.3) is 10.8 Å². The van der Waals surface area contributed by atoms with Crippen molar-refractivity contribution >= 4 is 70.2 Å². The van der Waals surface area contributed by atoms with E-state index in [1.54, 1.807) is 47.1 Å². The summed E-state index contributed by atoms with van der Waals surface area (Å²) in [6.07, 6.45) is 12.1. The lowest BCUT2D eigenvalue weighted by Crippen LogP contribution is -2.38. The number of hydrogen-bond donors (Lipinski definition) is 6. The number of hydroxylamine groups is 1. The number of aromatic nitrogens is 2. The summed E-state index contributed by atoms with van der Waals surface area (Å²) in [5, 5.41) is 20.6. The number of carbonyl (C=O) groups is 2. The molecule has 366 valence electrons. The summed E-state index contributed by atoms with van der Waals surface area (Å²) in [6, 6.07) is 11.9. The second-order valence-electron chi connectivity index (χ2n) is 17.3. The van der Waals surface area contributed by atoms with E-state index in [1.165, 1.54) is 30.5 Å². The number of anilines is 1. The molecule has 2 aliphatic rings. The first kappa shape index (κ1) is 51.4. The van der Waals surface area contributed by atoms with Gasteiger partial charge in [-0.15, -0.1) is 4.73 Å². The lowest BCUT2D eigenvalue weighted by Gasteiger charge is -2.27. The number of carbonyl (C=O) groups excluding carboxylic acids is 2. The quantitative estimate of drug-likeness (QED) is 0.0206. The van der Waals surface area contributed by atoms with Crippen molar-refractivity contribution in [3.8, 4) is 11.8 Å². The molecule has 2 aliphatic heterocycles. The second-order valence-corrected chi connectivity index (χ2v) is 21.9. The predicted octanol–water partition coefficient (Wildman–Crippen LogP) is 5.18. The predicted molar refractivity (Wildman–Crippen MR) is 251 cm³/mol. The molecule has 0 unspecified atom stereocenters. The van der Waals surface area contributed by atoms with Crippen LogP contribution in [-0.2, 0) is 57.4 Å². The molecule has 0 saturated carbocycles. The number of amides is 1. The largest absolute Gasteiger partial charge is 0.492 e. The van der Waals surface area contributed by atoms with E-state index in [0.717, 1.165) is 22.3 Å². The number of unbranched alkanes of at least 4 members (excludes halogenated alkanes) is 2. The first-order valence-corrected chi connectivity index (χ1v) is 26.1. The minimum absolute atomic E-state index is 0.00157. The summed E-state index contributed by atoms with van der Waals surface area (Å²) >= 11 is 0. The van der Waals surface area contributed by atoms with E-state index in [-0.39, 0.29) is 49.4 Å². The molecule has 0 saturated heterocycles. The van der Waals surface area contributed by atoms with Crippen LogP contribution in [0.3, 0.4) is 0 Å². The monoisotopic (exact) mass is 1000 g/mol. The van der Waals surface area contributed by atoms with Crippen LogP contribution in [0.2, 0.25) is 0 Å². The Morgan fingerprint density at radius 3 is 2.18 bits per heavy atom. The number of aromatic hydroxyl groups is 2. The minimum Gasteiger partial charge on any atom is -0.492 e. The van der Waals surface area contributed by atoms with Crippen molar-refractivity contribution in [1.82, 2.24) is 10.2 Å². The number of allylic oxidation sites excluding steroid dienone is 6. The van der Waals surface area contributed by atoms with Gasteiger partial charge < -0.3 is 20.0 Å². The summed E-state index contributed by atoms with van der Waals surface area (Å²) in [4.78, 5) is 42.4. The Kier molecular flexibility index (Phi) is 15.4. The van der Waals surface area contributed by atoms with E-state index in [9.17, 15) is 58.7 Å². The molecule has 4 heterocycles. The average Bonchev–Trinajstić information content (AvgIpc) is 3.78. The fourth-order valence-electron chi connectivity index (χ4n) is 8.25. The molecule has 0 fully saturated rings. The third kappa shape index (κ3) is 12.2. The molecule has 0 spiro atoms. The molecule has 6 rings (SSSR count). The minimum atomic E-state index is -4.46. The number of rotatable bonds is 21. The zero-order valence-corrected chi connectivity index (χ0v) is 40.1. The third-order valence-corrected chi connectivity index (χ3v) is 14.1. The van der Waals surface area contributed by atoms with Gasteiger partial charge in [0.2, 0.25) is 11.8 Å². The molecule has 68 heavy (non-hydrogen) atoms. The molecule has 6 N–H and O–H groups in total. The number of aliphatic imine (C=N–C) groups is 1. The highest BCUT2D eigenvalue weighted by atomic mass is 32.2. The van der Waals surface area contributed by atoms with Crippen LogP contribution >= 0.6 is 0 Å². The standard InChI is InChI=1S/C45H53N5O15S3/c1-44(2)34-28-31(43(54)47-64-24-10-6-9-15-40(53)65-50-38(51)20-21-39(50)52)29-48(22-11-25-66(55,56)57)42(34)46-36(44)13-7-5-8-14-37-45(3,4)41-33-18-17-32(68(61,62)63)27-30(33)16-19-35(41)49(37)23-12-26-67(58,59)60/h5,7-8,13-14,16-21,27-29H,6,9-12,15,22-26H2,1-4H3,(H5-,47,51,52,54,55,56,57,58,59,60,61,62,63)/p+1. The van der Waals surface area contributed by atoms with Crippen LogP contribution in [0.1, 0.15) is 87.7 Å². The maximum absolute atomic E-state index is 13.4. The van der Waals surface area contributed by atoms with Gasteiger partial charge >= 0.3 is 11.8 Å². The first-order valence-electron chi connectivity index (χ1n) is 21.5. The summed E-state index contributed by atoms with van der Waals surface area (Å²) in [7, 11) is -13.0. The number of nitrogens with one attached hydrogen (secondary N) is 1. The summed E-state index contributed by atoms with van der Waals surface area (Å²) in [6.45, 7) is 8.24. The van der Waals surface area contributed by atoms with Crippen molar-refractivity contribution in [2.45, 2.75) is 88.5 Å². The lowest BCUT2D eigenvalue weighted by atomic mass is 9.81. The summed E-state index contributed by atoms with van der Waals surface area (Å²) in [5.74, 6) is -2.60. The Labute approximate surface area is 394 Å². The topological polar surface area (TPSA) is 293 Å². The van der Waals surface area contributed by atoms with Crippen LogP contribution < -0.4 is 19.8 Å². The van der Waals surface area contributed by atoms with Gasteiger partial charge in [0.1, 0.15) is 6.20 Å². The first-order chi connectivity index (χ1) is 31.8. The fourth-order valence-corrected chi connectivity index (χ4v) is 9.75. The average molecular weight is 1000 g/mol. The Hall–Kier alpha value is -5.95.